The third kappa shape index (κ3) is 4.08. The molecular weight excluding hydrogens is 120 g/mol. The first-order chi connectivity index (χ1) is 4.35. The SMILES string of the molecule is NCCNC(C=O)CO. The molecule has 9 heavy (non-hydrogen) atoms. The van der Waals surface area contributed by atoms with Gasteiger partial charge in [0, 0.05) is 13.1 Å². The molecule has 0 spiro atoms. The number of aliphatic hydroxyl groups excluding tert-OH is 1. The van der Waals surface area contributed by atoms with Crippen LogP contribution in [0.4, 0.5) is 0 Å². The number of carbonyl (C=O) groups excluding carboxylic acids is 1. The zero-order valence-corrected chi connectivity index (χ0v) is 5.21. The quantitative estimate of drug-likeness (QED) is 0.382. The highest BCUT2D eigenvalue weighted by Gasteiger charge is 2.00. The highest BCUT2D eigenvalue weighted by Crippen LogP contribution is 1.71. The molecule has 0 aromatic rings. The fraction of sp³-hybridized carbons (Fsp3) is 0.800. The topological polar surface area (TPSA) is 75.3 Å². The van der Waals surface area contributed by atoms with Crippen LogP contribution in [0.15, 0.2) is 0 Å². The molecular formula is C5H12N2O2. The number of carbonyl (C=O) groups is 1. The fourth-order valence-corrected chi connectivity index (χ4v) is 0.424. The third-order valence-corrected chi connectivity index (χ3v) is 0.912. The van der Waals surface area contributed by atoms with Gasteiger partial charge >= 0.3 is 0 Å². The van der Waals surface area contributed by atoms with Gasteiger partial charge in [-0.3, -0.25) is 0 Å². The van der Waals surface area contributed by atoms with E-state index in [-0.39, 0.29) is 6.61 Å². The Morgan fingerprint density at radius 2 is 2.44 bits per heavy atom. The van der Waals surface area contributed by atoms with Crippen molar-refractivity contribution in [3.63, 3.8) is 0 Å². The first kappa shape index (κ1) is 8.55. The van der Waals surface area contributed by atoms with E-state index >= 15 is 0 Å². The van der Waals surface area contributed by atoms with Gasteiger partial charge in [-0.05, 0) is 0 Å². The Kier molecular flexibility index (Phi) is 5.40. The average Bonchev–Trinajstić information content (AvgIpc) is 1.91. The predicted molar refractivity (Wildman–Crippen MR) is 34.0 cm³/mol. The molecule has 0 saturated carbocycles. The molecule has 0 aliphatic carbocycles. The largest absolute Gasteiger partial charge is 0.394 e. The van der Waals surface area contributed by atoms with Gasteiger partial charge in [0.05, 0.1) is 12.6 Å². The standard InChI is InChI=1S/C5H12N2O2/c6-1-2-7-5(3-8)4-9/h3,5,7,9H,1-2,4,6H2. The maximum Gasteiger partial charge on any atom is 0.139 e. The van der Waals surface area contributed by atoms with Gasteiger partial charge < -0.3 is 21.0 Å². The van der Waals surface area contributed by atoms with Crippen LogP contribution in [0.5, 0.6) is 0 Å². The van der Waals surface area contributed by atoms with E-state index in [1.807, 2.05) is 0 Å². The Bertz CT molecular complexity index is 77.4. The van der Waals surface area contributed by atoms with E-state index < -0.39 is 6.04 Å². The molecule has 0 aliphatic heterocycles. The zero-order valence-electron chi connectivity index (χ0n) is 5.21. The number of rotatable bonds is 5. The van der Waals surface area contributed by atoms with Crippen LogP contribution in [-0.4, -0.2) is 37.1 Å². The van der Waals surface area contributed by atoms with Gasteiger partial charge in [-0.25, -0.2) is 0 Å². The van der Waals surface area contributed by atoms with Gasteiger partial charge in [-0.15, -0.1) is 0 Å². The fourth-order valence-electron chi connectivity index (χ4n) is 0.424. The predicted octanol–water partition coefficient (Wildman–Crippen LogP) is -1.91. The van der Waals surface area contributed by atoms with Crippen molar-refractivity contribution in [1.29, 1.82) is 0 Å². The van der Waals surface area contributed by atoms with Crippen LogP contribution in [-0.2, 0) is 4.79 Å². The lowest BCUT2D eigenvalue weighted by molar-refractivity contribution is -0.110. The van der Waals surface area contributed by atoms with Crippen molar-refractivity contribution in [3.8, 4) is 0 Å². The summed E-state index contributed by atoms with van der Waals surface area (Å²) in [7, 11) is 0. The summed E-state index contributed by atoms with van der Waals surface area (Å²) in [5, 5.41) is 11.1. The number of aliphatic hydroxyl groups is 1. The first-order valence-electron chi connectivity index (χ1n) is 2.84. The lowest BCUT2D eigenvalue weighted by Crippen LogP contribution is -2.37. The lowest BCUT2D eigenvalue weighted by atomic mass is 10.3. The molecule has 0 aromatic heterocycles. The van der Waals surface area contributed by atoms with E-state index in [9.17, 15) is 4.79 Å². The summed E-state index contributed by atoms with van der Waals surface area (Å²) in [4.78, 5) is 9.98. The van der Waals surface area contributed by atoms with E-state index in [0.717, 1.165) is 0 Å². The maximum atomic E-state index is 9.98. The molecule has 0 bridgehead atoms. The summed E-state index contributed by atoms with van der Waals surface area (Å²) < 4.78 is 0. The Morgan fingerprint density at radius 3 is 2.78 bits per heavy atom. The van der Waals surface area contributed by atoms with E-state index in [0.29, 0.717) is 19.4 Å². The zero-order chi connectivity index (χ0) is 7.11. The molecule has 0 radical (unpaired) electrons. The number of aldehydes is 1. The Morgan fingerprint density at radius 1 is 1.78 bits per heavy atom. The molecule has 0 heterocycles. The van der Waals surface area contributed by atoms with Crippen molar-refractivity contribution in [1.82, 2.24) is 5.32 Å². The van der Waals surface area contributed by atoms with E-state index in [1.165, 1.54) is 0 Å². The summed E-state index contributed by atoms with van der Waals surface area (Å²) >= 11 is 0. The Labute approximate surface area is 54.0 Å². The molecule has 0 aromatic carbocycles. The monoisotopic (exact) mass is 132 g/mol. The van der Waals surface area contributed by atoms with Crippen LogP contribution < -0.4 is 11.1 Å². The number of nitrogens with two attached hydrogens (primary N) is 1. The van der Waals surface area contributed by atoms with Crippen molar-refractivity contribution >= 4 is 6.29 Å². The smallest absolute Gasteiger partial charge is 0.139 e. The molecule has 1 unspecified atom stereocenters. The summed E-state index contributed by atoms with van der Waals surface area (Å²) in [6, 6.07) is -0.450. The van der Waals surface area contributed by atoms with Crippen molar-refractivity contribution in [3.05, 3.63) is 0 Å². The van der Waals surface area contributed by atoms with Crippen molar-refractivity contribution in [2.24, 2.45) is 5.73 Å². The summed E-state index contributed by atoms with van der Waals surface area (Å²) in [6.07, 6.45) is 0.662. The normalized spacial score (nSPS) is 13.1. The minimum absolute atomic E-state index is 0.163. The van der Waals surface area contributed by atoms with Crippen LogP contribution in [0, 0.1) is 0 Å². The average molecular weight is 132 g/mol. The molecule has 54 valence electrons. The highest BCUT2D eigenvalue weighted by atomic mass is 16.3. The molecule has 0 aliphatic rings. The van der Waals surface area contributed by atoms with Gasteiger partial charge in [0.1, 0.15) is 6.29 Å². The van der Waals surface area contributed by atoms with Crippen LogP contribution in [0.25, 0.3) is 0 Å². The maximum absolute atomic E-state index is 9.98. The Balaban J connectivity index is 3.20. The van der Waals surface area contributed by atoms with Crippen molar-refractivity contribution in [2.45, 2.75) is 6.04 Å². The summed E-state index contributed by atoms with van der Waals surface area (Å²) in [6.45, 7) is 0.873. The second-order valence-corrected chi connectivity index (χ2v) is 1.67. The van der Waals surface area contributed by atoms with E-state index in [4.69, 9.17) is 10.8 Å². The van der Waals surface area contributed by atoms with Gasteiger partial charge in [0.15, 0.2) is 0 Å². The van der Waals surface area contributed by atoms with Gasteiger partial charge in [0.2, 0.25) is 0 Å². The summed E-state index contributed by atoms with van der Waals surface area (Å²) in [5.41, 5.74) is 5.13. The molecule has 0 amide bonds. The number of nitrogens with one attached hydrogen (secondary N) is 1. The van der Waals surface area contributed by atoms with E-state index in [1.54, 1.807) is 0 Å². The van der Waals surface area contributed by atoms with Gasteiger partial charge in [-0.1, -0.05) is 0 Å². The second-order valence-electron chi connectivity index (χ2n) is 1.67. The van der Waals surface area contributed by atoms with Crippen LogP contribution in [0.3, 0.4) is 0 Å². The molecule has 0 fully saturated rings. The van der Waals surface area contributed by atoms with Gasteiger partial charge in [-0.2, -0.15) is 0 Å². The number of hydrogen-bond acceptors (Lipinski definition) is 4. The van der Waals surface area contributed by atoms with E-state index in [2.05, 4.69) is 5.32 Å². The number of hydrogen-bond donors (Lipinski definition) is 3. The minimum Gasteiger partial charge on any atom is -0.394 e. The molecule has 4 nitrogen and oxygen atoms in total. The second kappa shape index (κ2) is 5.68. The summed E-state index contributed by atoms with van der Waals surface area (Å²) in [5.74, 6) is 0. The Hall–Kier alpha value is -0.450. The van der Waals surface area contributed by atoms with Crippen LogP contribution in [0.2, 0.25) is 0 Å². The molecule has 1 atom stereocenters. The molecule has 4 N–H and O–H groups in total. The minimum atomic E-state index is -0.450. The molecule has 4 heteroatoms. The third-order valence-electron chi connectivity index (χ3n) is 0.912. The molecule has 0 rings (SSSR count). The van der Waals surface area contributed by atoms with Crippen LogP contribution >= 0.6 is 0 Å². The van der Waals surface area contributed by atoms with Gasteiger partial charge in [0.25, 0.3) is 0 Å². The molecule has 0 saturated heterocycles. The van der Waals surface area contributed by atoms with Crippen LogP contribution in [0.1, 0.15) is 0 Å². The lowest BCUT2D eigenvalue weighted by Gasteiger charge is -2.06. The highest BCUT2D eigenvalue weighted by molar-refractivity contribution is 5.57. The van der Waals surface area contributed by atoms with Crippen molar-refractivity contribution in [2.75, 3.05) is 19.7 Å². The first-order valence-corrected chi connectivity index (χ1v) is 2.84. The van der Waals surface area contributed by atoms with Crippen molar-refractivity contribution < 1.29 is 9.90 Å².